The highest BCUT2D eigenvalue weighted by Gasteiger charge is 2.08. The van der Waals surface area contributed by atoms with Crippen molar-refractivity contribution < 1.29 is 9.13 Å². The number of benzene rings is 1. The van der Waals surface area contributed by atoms with Crippen molar-refractivity contribution in [3.05, 3.63) is 28.9 Å². The van der Waals surface area contributed by atoms with Crippen LogP contribution in [0.25, 0.3) is 10.1 Å². The van der Waals surface area contributed by atoms with Crippen LogP contribution in [0.5, 0.6) is 5.75 Å². The Morgan fingerprint density at radius 2 is 2.15 bits per heavy atom. The van der Waals surface area contributed by atoms with E-state index in [0.29, 0.717) is 0 Å². The molecule has 68 valence electrons. The average molecular weight is 196 g/mol. The van der Waals surface area contributed by atoms with E-state index in [4.69, 9.17) is 4.74 Å². The van der Waals surface area contributed by atoms with E-state index < -0.39 is 0 Å². The SMILES string of the molecule is COc1c(C)ccc2sc(F)cc12. The van der Waals surface area contributed by atoms with Gasteiger partial charge in [-0.2, -0.15) is 4.39 Å². The van der Waals surface area contributed by atoms with E-state index in [0.717, 1.165) is 32.7 Å². The molecule has 0 bridgehead atoms. The molecule has 3 heteroatoms. The minimum atomic E-state index is -0.168. The summed E-state index contributed by atoms with van der Waals surface area (Å²) < 4.78 is 19.1. The van der Waals surface area contributed by atoms with Crippen molar-refractivity contribution in [2.24, 2.45) is 0 Å². The molecule has 0 saturated carbocycles. The van der Waals surface area contributed by atoms with Crippen molar-refractivity contribution in [3.63, 3.8) is 0 Å². The topological polar surface area (TPSA) is 9.23 Å². The fourth-order valence-corrected chi connectivity index (χ4v) is 2.22. The first-order valence-electron chi connectivity index (χ1n) is 3.95. The largest absolute Gasteiger partial charge is 0.496 e. The van der Waals surface area contributed by atoms with E-state index in [-0.39, 0.29) is 5.13 Å². The summed E-state index contributed by atoms with van der Waals surface area (Å²) >= 11 is 1.14. The zero-order valence-electron chi connectivity index (χ0n) is 7.43. The van der Waals surface area contributed by atoms with Crippen LogP contribution in [-0.2, 0) is 0 Å². The molecule has 0 aliphatic rings. The fourth-order valence-electron chi connectivity index (χ4n) is 1.44. The Kier molecular flexibility index (Phi) is 1.96. The van der Waals surface area contributed by atoms with Gasteiger partial charge in [0.1, 0.15) is 5.75 Å². The molecular formula is C10H9FOS. The normalized spacial score (nSPS) is 10.7. The van der Waals surface area contributed by atoms with E-state index in [9.17, 15) is 4.39 Å². The highest BCUT2D eigenvalue weighted by Crippen LogP contribution is 2.34. The molecule has 2 rings (SSSR count). The number of methoxy groups -OCH3 is 1. The highest BCUT2D eigenvalue weighted by atomic mass is 32.1. The van der Waals surface area contributed by atoms with Gasteiger partial charge in [0.15, 0.2) is 5.13 Å². The van der Waals surface area contributed by atoms with Crippen LogP contribution >= 0.6 is 11.3 Å². The third kappa shape index (κ3) is 1.29. The molecule has 0 amide bonds. The van der Waals surface area contributed by atoms with Crippen molar-refractivity contribution in [1.29, 1.82) is 0 Å². The van der Waals surface area contributed by atoms with Gasteiger partial charge in [-0.15, -0.1) is 11.3 Å². The summed E-state index contributed by atoms with van der Waals surface area (Å²) in [7, 11) is 1.61. The van der Waals surface area contributed by atoms with Crippen molar-refractivity contribution in [2.45, 2.75) is 6.92 Å². The first kappa shape index (κ1) is 8.51. The van der Waals surface area contributed by atoms with Crippen molar-refractivity contribution in [2.75, 3.05) is 7.11 Å². The van der Waals surface area contributed by atoms with Crippen LogP contribution in [0.3, 0.4) is 0 Å². The Bertz CT molecular complexity index is 447. The second-order valence-electron chi connectivity index (χ2n) is 2.88. The standard InChI is InChI=1S/C10H9FOS/c1-6-3-4-8-7(10(6)12-2)5-9(11)13-8/h3-5H,1-2H3. The van der Waals surface area contributed by atoms with E-state index in [2.05, 4.69) is 0 Å². The van der Waals surface area contributed by atoms with Crippen molar-refractivity contribution >= 4 is 21.4 Å². The Morgan fingerprint density at radius 3 is 2.85 bits per heavy atom. The third-order valence-electron chi connectivity index (χ3n) is 2.02. The quantitative estimate of drug-likeness (QED) is 0.679. The monoisotopic (exact) mass is 196 g/mol. The van der Waals surface area contributed by atoms with E-state index >= 15 is 0 Å². The van der Waals surface area contributed by atoms with Crippen LogP contribution in [0.15, 0.2) is 18.2 Å². The second kappa shape index (κ2) is 3.00. The molecule has 2 aromatic rings. The molecule has 0 radical (unpaired) electrons. The Balaban J connectivity index is 2.82. The summed E-state index contributed by atoms with van der Waals surface area (Å²) in [5.74, 6) is 0.776. The van der Waals surface area contributed by atoms with Crippen LogP contribution < -0.4 is 4.74 Å². The van der Waals surface area contributed by atoms with Gasteiger partial charge >= 0.3 is 0 Å². The molecule has 0 unspecified atom stereocenters. The Labute approximate surface area is 79.8 Å². The number of hydrogen-bond acceptors (Lipinski definition) is 2. The minimum Gasteiger partial charge on any atom is -0.496 e. The van der Waals surface area contributed by atoms with Gasteiger partial charge in [-0.1, -0.05) is 6.07 Å². The summed E-state index contributed by atoms with van der Waals surface area (Å²) in [4.78, 5) is 0. The maximum absolute atomic E-state index is 12.9. The summed E-state index contributed by atoms with van der Waals surface area (Å²) in [5, 5.41) is 0.698. The summed E-state index contributed by atoms with van der Waals surface area (Å²) in [5.41, 5.74) is 1.04. The van der Waals surface area contributed by atoms with Gasteiger partial charge in [-0.05, 0) is 24.6 Å². The number of fused-ring (bicyclic) bond motifs is 1. The van der Waals surface area contributed by atoms with Crippen LogP contribution in [-0.4, -0.2) is 7.11 Å². The van der Waals surface area contributed by atoms with Gasteiger partial charge in [-0.3, -0.25) is 0 Å². The number of aryl methyl sites for hydroxylation is 1. The maximum atomic E-state index is 12.9. The lowest BCUT2D eigenvalue weighted by atomic mass is 10.1. The molecule has 1 heterocycles. The predicted molar refractivity (Wildman–Crippen MR) is 53.1 cm³/mol. The number of ether oxygens (including phenoxy) is 1. The first-order chi connectivity index (χ1) is 6.22. The van der Waals surface area contributed by atoms with Crippen LogP contribution in [0.4, 0.5) is 4.39 Å². The molecule has 0 aliphatic carbocycles. The molecule has 0 aliphatic heterocycles. The van der Waals surface area contributed by atoms with Crippen molar-refractivity contribution in [3.8, 4) is 5.75 Å². The summed E-state index contributed by atoms with van der Waals surface area (Å²) in [6.45, 7) is 1.95. The van der Waals surface area contributed by atoms with Gasteiger partial charge in [-0.25, -0.2) is 0 Å². The number of halogens is 1. The summed E-state index contributed by atoms with van der Waals surface area (Å²) in [6, 6.07) is 5.38. The lowest BCUT2D eigenvalue weighted by molar-refractivity contribution is 0.417. The fraction of sp³-hybridized carbons (Fsp3) is 0.200. The van der Waals surface area contributed by atoms with Crippen LogP contribution in [0, 0.1) is 12.1 Å². The van der Waals surface area contributed by atoms with Gasteiger partial charge < -0.3 is 4.74 Å². The molecule has 0 fully saturated rings. The smallest absolute Gasteiger partial charge is 0.177 e. The van der Waals surface area contributed by atoms with E-state index in [1.54, 1.807) is 7.11 Å². The molecule has 13 heavy (non-hydrogen) atoms. The van der Waals surface area contributed by atoms with Crippen molar-refractivity contribution in [1.82, 2.24) is 0 Å². The molecule has 1 nitrogen and oxygen atoms in total. The van der Waals surface area contributed by atoms with Crippen LogP contribution in [0.2, 0.25) is 0 Å². The van der Waals surface area contributed by atoms with Crippen LogP contribution in [0.1, 0.15) is 5.56 Å². The molecular weight excluding hydrogens is 187 g/mol. The lowest BCUT2D eigenvalue weighted by Gasteiger charge is -2.04. The molecule has 0 spiro atoms. The number of rotatable bonds is 1. The zero-order valence-corrected chi connectivity index (χ0v) is 8.24. The van der Waals surface area contributed by atoms with Gasteiger partial charge in [0.2, 0.25) is 0 Å². The average Bonchev–Trinajstić information content (AvgIpc) is 2.45. The molecule has 1 aromatic carbocycles. The predicted octanol–water partition coefficient (Wildman–Crippen LogP) is 3.36. The van der Waals surface area contributed by atoms with Gasteiger partial charge in [0.05, 0.1) is 7.11 Å². The Hall–Kier alpha value is -1.09. The Morgan fingerprint density at radius 1 is 1.38 bits per heavy atom. The molecule has 1 aromatic heterocycles. The van der Waals surface area contributed by atoms with Gasteiger partial charge in [0, 0.05) is 10.1 Å². The lowest BCUT2D eigenvalue weighted by Crippen LogP contribution is -1.86. The second-order valence-corrected chi connectivity index (χ2v) is 3.91. The molecule has 0 atom stereocenters. The molecule has 0 N–H and O–H groups in total. The van der Waals surface area contributed by atoms with E-state index in [1.807, 2.05) is 19.1 Å². The minimum absolute atomic E-state index is 0.168. The zero-order chi connectivity index (χ0) is 9.42. The number of thiophene rings is 1. The third-order valence-corrected chi connectivity index (χ3v) is 2.91. The number of hydrogen-bond donors (Lipinski definition) is 0. The highest BCUT2D eigenvalue weighted by molar-refractivity contribution is 7.17. The van der Waals surface area contributed by atoms with Gasteiger partial charge in [0.25, 0.3) is 0 Å². The molecule has 0 saturated heterocycles. The maximum Gasteiger partial charge on any atom is 0.177 e. The summed E-state index contributed by atoms with van der Waals surface area (Å²) in [6.07, 6.45) is 0. The van der Waals surface area contributed by atoms with E-state index in [1.165, 1.54) is 6.07 Å². The first-order valence-corrected chi connectivity index (χ1v) is 4.76.